The lowest BCUT2D eigenvalue weighted by Crippen LogP contribution is -2.09. The zero-order valence-corrected chi connectivity index (χ0v) is 9.27. The van der Waals surface area contributed by atoms with E-state index in [1.165, 1.54) is 12.1 Å². The molecule has 0 aliphatic rings. The van der Waals surface area contributed by atoms with E-state index < -0.39 is 5.97 Å². The molecule has 0 heterocycles. The van der Waals surface area contributed by atoms with Gasteiger partial charge < -0.3 is 9.84 Å². The zero-order chi connectivity index (χ0) is 12.8. The molecule has 5 nitrogen and oxygen atoms in total. The van der Waals surface area contributed by atoms with Gasteiger partial charge in [-0.3, -0.25) is 9.59 Å². The molecule has 0 bridgehead atoms. The Bertz CT molecular complexity index is 488. The molecule has 0 unspecified atom stereocenters. The van der Waals surface area contributed by atoms with E-state index in [-0.39, 0.29) is 35.5 Å². The summed E-state index contributed by atoms with van der Waals surface area (Å²) in [5, 5.41) is 18.5. The van der Waals surface area contributed by atoms with Crippen LogP contribution in [0.5, 0.6) is 5.75 Å². The average molecular weight is 233 g/mol. The van der Waals surface area contributed by atoms with Crippen molar-refractivity contribution in [3.63, 3.8) is 0 Å². The van der Waals surface area contributed by atoms with Gasteiger partial charge in [0.2, 0.25) is 0 Å². The van der Waals surface area contributed by atoms with Crippen molar-refractivity contribution in [1.82, 2.24) is 0 Å². The number of nitriles is 1. The number of esters is 1. The highest BCUT2D eigenvalue weighted by atomic mass is 16.5. The molecular weight excluding hydrogens is 222 g/mol. The Morgan fingerprint density at radius 1 is 1.59 bits per heavy atom. The van der Waals surface area contributed by atoms with Gasteiger partial charge in [0.25, 0.3) is 0 Å². The molecular formula is C12H11NO4. The molecule has 88 valence electrons. The number of carbonyl (C=O) groups is 2. The lowest BCUT2D eigenvalue weighted by atomic mass is 10.0. The Kier molecular flexibility index (Phi) is 4.23. The van der Waals surface area contributed by atoms with Crippen molar-refractivity contribution in [2.75, 3.05) is 6.61 Å². The monoisotopic (exact) mass is 233 g/mol. The number of nitrogens with zero attached hydrogens (tertiary/aromatic N) is 1. The van der Waals surface area contributed by atoms with Gasteiger partial charge in [-0.2, -0.15) is 5.26 Å². The number of aldehydes is 1. The topological polar surface area (TPSA) is 87.4 Å². The van der Waals surface area contributed by atoms with Crippen LogP contribution in [0.1, 0.15) is 28.4 Å². The number of phenols is 1. The lowest BCUT2D eigenvalue weighted by molar-refractivity contribution is -0.142. The molecule has 1 aromatic carbocycles. The SMILES string of the molecule is CCOC(=O)Cc1c(O)cc(C=O)cc1C#N. The summed E-state index contributed by atoms with van der Waals surface area (Å²) < 4.78 is 4.73. The summed E-state index contributed by atoms with van der Waals surface area (Å²) in [5.74, 6) is -0.780. The average Bonchev–Trinajstić information content (AvgIpc) is 2.31. The molecule has 0 aromatic heterocycles. The fourth-order valence-corrected chi connectivity index (χ4v) is 1.39. The van der Waals surface area contributed by atoms with Crippen LogP contribution in [0.25, 0.3) is 0 Å². The lowest BCUT2D eigenvalue weighted by Gasteiger charge is -2.07. The smallest absolute Gasteiger partial charge is 0.310 e. The van der Waals surface area contributed by atoms with E-state index in [1.54, 1.807) is 6.92 Å². The molecule has 0 radical (unpaired) electrons. The number of aromatic hydroxyl groups is 1. The molecule has 1 N–H and O–H groups in total. The maximum Gasteiger partial charge on any atom is 0.310 e. The number of benzene rings is 1. The second-order valence-corrected chi connectivity index (χ2v) is 3.28. The molecule has 0 atom stereocenters. The highest BCUT2D eigenvalue weighted by molar-refractivity contribution is 5.80. The fraction of sp³-hybridized carbons (Fsp3) is 0.250. The quantitative estimate of drug-likeness (QED) is 0.623. The van der Waals surface area contributed by atoms with Crippen LogP contribution in [0.3, 0.4) is 0 Å². The van der Waals surface area contributed by atoms with Gasteiger partial charge >= 0.3 is 5.97 Å². The van der Waals surface area contributed by atoms with E-state index in [0.717, 1.165) is 0 Å². The van der Waals surface area contributed by atoms with Crippen LogP contribution in [0.15, 0.2) is 12.1 Å². The van der Waals surface area contributed by atoms with Crippen LogP contribution in [0.2, 0.25) is 0 Å². The third kappa shape index (κ3) is 3.05. The Hall–Kier alpha value is -2.35. The molecule has 0 aliphatic heterocycles. The van der Waals surface area contributed by atoms with Gasteiger partial charge in [0.05, 0.1) is 24.7 Å². The Labute approximate surface area is 98.2 Å². The molecule has 5 heteroatoms. The van der Waals surface area contributed by atoms with Gasteiger partial charge in [-0.1, -0.05) is 0 Å². The summed E-state index contributed by atoms with van der Waals surface area (Å²) in [6.45, 7) is 1.90. The van der Waals surface area contributed by atoms with Gasteiger partial charge in [-0.05, 0) is 19.1 Å². The Balaban J connectivity index is 3.11. The molecule has 1 aromatic rings. The van der Waals surface area contributed by atoms with Crippen LogP contribution in [-0.4, -0.2) is 24.0 Å². The zero-order valence-electron chi connectivity index (χ0n) is 9.27. The summed E-state index contributed by atoms with van der Waals surface area (Å²) >= 11 is 0. The second-order valence-electron chi connectivity index (χ2n) is 3.28. The number of ether oxygens (including phenoxy) is 1. The Morgan fingerprint density at radius 2 is 2.29 bits per heavy atom. The number of hydrogen-bond donors (Lipinski definition) is 1. The van der Waals surface area contributed by atoms with E-state index in [9.17, 15) is 14.7 Å². The minimum absolute atomic E-state index is 0.0974. The third-order valence-corrected chi connectivity index (χ3v) is 2.13. The van der Waals surface area contributed by atoms with Crippen LogP contribution in [-0.2, 0) is 16.0 Å². The van der Waals surface area contributed by atoms with Crippen LogP contribution < -0.4 is 0 Å². The molecule has 17 heavy (non-hydrogen) atoms. The molecule has 0 saturated carbocycles. The van der Waals surface area contributed by atoms with Crippen molar-refractivity contribution in [2.24, 2.45) is 0 Å². The first-order valence-electron chi connectivity index (χ1n) is 4.99. The minimum Gasteiger partial charge on any atom is -0.508 e. The number of hydrogen-bond acceptors (Lipinski definition) is 5. The van der Waals surface area contributed by atoms with Crippen molar-refractivity contribution in [3.05, 3.63) is 28.8 Å². The molecule has 0 saturated heterocycles. The number of carbonyl (C=O) groups excluding carboxylic acids is 2. The first-order valence-corrected chi connectivity index (χ1v) is 4.99. The molecule has 0 aliphatic carbocycles. The van der Waals surface area contributed by atoms with Crippen LogP contribution in [0.4, 0.5) is 0 Å². The summed E-state index contributed by atoms with van der Waals surface area (Å²) in [7, 11) is 0. The van der Waals surface area contributed by atoms with Gasteiger partial charge in [-0.15, -0.1) is 0 Å². The van der Waals surface area contributed by atoms with Gasteiger partial charge in [0.1, 0.15) is 12.0 Å². The van der Waals surface area contributed by atoms with Gasteiger partial charge in [0, 0.05) is 11.1 Å². The maximum absolute atomic E-state index is 11.3. The predicted octanol–water partition coefficient (Wildman–Crippen LogP) is 1.18. The van der Waals surface area contributed by atoms with Crippen molar-refractivity contribution >= 4 is 12.3 Å². The minimum atomic E-state index is -0.529. The van der Waals surface area contributed by atoms with E-state index in [0.29, 0.717) is 6.29 Å². The summed E-state index contributed by atoms with van der Waals surface area (Å²) in [6.07, 6.45) is 0.330. The van der Waals surface area contributed by atoms with Gasteiger partial charge in [-0.25, -0.2) is 0 Å². The summed E-state index contributed by atoms with van der Waals surface area (Å²) in [6, 6.07) is 4.36. The first-order chi connectivity index (χ1) is 8.12. The van der Waals surface area contributed by atoms with Gasteiger partial charge in [0.15, 0.2) is 0 Å². The number of rotatable bonds is 4. The molecule has 0 amide bonds. The van der Waals surface area contributed by atoms with Crippen LogP contribution >= 0.6 is 0 Å². The number of phenolic OH excluding ortho intramolecular Hbond substituents is 1. The van der Waals surface area contributed by atoms with E-state index >= 15 is 0 Å². The molecule has 0 spiro atoms. The van der Waals surface area contributed by atoms with E-state index in [4.69, 9.17) is 10.00 Å². The van der Waals surface area contributed by atoms with Crippen molar-refractivity contribution in [3.8, 4) is 11.8 Å². The second kappa shape index (κ2) is 5.66. The standard InChI is InChI=1S/C12H11NO4/c1-2-17-12(16)5-10-9(6-13)3-8(7-14)4-11(10)15/h3-4,7,15H,2,5H2,1H3. The van der Waals surface area contributed by atoms with Crippen LogP contribution in [0, 0.1) is 11.3 Å². The molecule has 0 fully saturated rings. The molecule has 1 rings (SSSR count). The normalized spacial score (nSPS) is 9.41. The highest BCUT2D eigenvalue weighted by Gasteiger charge is 2.14. The predicted molar refractivity (Wildman–Crippen MR) is 58.5 cm³/mol. The summed E-state index contributed by atoms with van der Waals surface area (Å²) in [5.41, 5.74) is 0.461. The third-order valence-electron chi connectivity index (χ3n) is 2.13. The largest absolute Gasteiger partial charge is 0.508 e. The highest BCUT2D eigenvalue weighted by Crippen LogP contribution is 2.23. The van der Waals surface area contributed by atoms with Crippen molar-refractivity contribution < 1.29 is 19.4 Å². The Morgan fingerprint density at radius 3 is 2.82 bits per heavy atom. The summed E-state index contributed by atoms with van der Waals surface area (Å²) in [4.78, 5) is 21.8. The first kappa shape index (κ1) is 12.7. The maximum atomic E-state index is 11.3. The fourth-order valence-electron chi connectivity index (χ4n) is 1.39. The van der Waals surface area contributed by atoms with E-state index in [1.807, 2.05) is 6.07 Å². The van der Waals surface area contributed by atoms with Crippen molar-refractivity contribution in [1.29, 1.82) is 5.26 Å². The van der Waals surface area contributed by atoms with E-state index in [2.05, 4.69) is 0 Å². The van der Waals surface area contributed by atoms with Crippen molar-refractivity contribution in [2.45, 2.75) is 13.3 Å².